The number of hydrogen-bond acceptors (Lipinski definition) is 4. The second kappa shape index (κ2) is 10.1. The smallest absolute Gasteiger partial charge is 0.0476 e. The molecule has 1 N–H and O–H groups in total. The molecule has 142 valence electrons. The Balaban J connectivity index is 2.21. The summed E-state index contributed by atoms with van der Waals surface area (Å²) in [4.78, 5) is 7.64. The van der Waals surface area contributed by atoms with Crippen LogP contribution in [-0.4, -0.2) is 68.2 Å². The molecule has 1 aliphatic rings. The lowest BCUT2D eigenvalue weighted by Gasteiger charge is -2.40. The van der Waals surface area contributed by atoms with Crippen molar-refractivity contribution < 1.29 is 0 Å². The van der Waals surface area contributed by atoms with E-state index in [4.69, 9.17) is 0 Å². The van der Waals surface area contributed by atoms with Gasteiger partial charge in [-0.2, -0.15) is 0 Å². The Morgan fingerprint density at radius 3 is 2.20 bits per heavy atom. The summed E-state index contributed by atoms with van der Waals surface area (Å²) in [5.74, 6) is 0. The Labute approximate surface area is 155 Å². The van der Waals surface area contributed by atoms with Crippen LogP contribution in [-0.2, 0) is 0 Å². The zero-order valence-electron chi connectivity index (χ0n) is 17.0. The first kappa shape index (κ1) is 20.2. The normalized spacial score (nSPS) is 20.0. The molecule has 1 fully saturated rings. The van der Waals surface area contributed by atoms with Gasteiger partial charge in [0.05, 0.1) is 0 Å². The molecule has 2 atom stereocenters. The molecule has 2 rings (SSSR count). The van der Waals surface area contributed by atoms with Gasteiger partial charge in [-0.25, -0.2) is 0 Å². The van der Waals surface area contributed by atoms with Crippen molar-refractivity contribution in [3.8, 4) is 0 Å². The van der Waals surface area contributed by atoms with Crippen LogP contribution >= 0.6 is 0 Å². The van der Waals surface area contributed by atoms with Gasteiger partial charge in [-0.15, -0.1) is 0 Å². The fraction of sp³-hybridized carbons (Fsp3) is 0.714. The predicted molar refractivity (Wildman–Crippen MR) is 110 cm³/mol. The first-order valence-corrected chi connectivity index (χ1v) is 10.2. The number of likely N-dealkylation sites (N-methyl/N-ethyl adjacent to an activating group) is 1. The van der Waals surface area contributed by atoms with Crippen LogP contribution in [0.1, 0.15) is 46.2 Å². The van der Waals surface area contributed by atoms with Crippen LogP contribution in [0.2, 0.25) is 0 Å². The highest BCUT2D eigenvalue weighted by Gasteiger charge is 2.26. The number of nitrogens with one attached hydrogen (secondary N) is 1. The predicted octanol–water partition coefficient (Wildman–Crippen LogP) is 3.21. The van der Waals surface area contributed by atoms with E-state index in [1.807, 2.05) is 0 Å². The average Bonchev–Trinajstić information content (AvgIpc) is 2.64. The lowest BCUT2D eigenvalue weighted by molar-refractivity contribution is 0.113. The van der Waals surface area contributed by atoms with Crippen LogP contribution in [0.4, 0.5) is 5.69 Å². The Kier molecular flexibility index (Phi) is 8.20. The molecule has 4 heteroatoms. The Morgan fingerprint density at radius 2 is 1.68 bits per heavy atom. The summed E-state index contributed by atoms with van der Waals surface area (Å²) in [7, 11) is 0. The van der Waals surface area contributed by atoms with E-state index >= 15 is 0 Å². The standard InChI is InChI=1S/C21H38N4/c1-6-23(7-2)17-21(25-15-14-22-18(5)16-25)19-10-12-20(13-11-19)24(8-3)9-4/h10-13,18,21-22H,6-9,14-17H2,1-5H3. The third-order valence-corrected chi connectivity index (χ3v) is 5.57. The number of rotatable bonds is 9. The van der Waals surface area contributed by atoms with Crippen LogP contribution in [0, 0.1) is 0 Å². The minimum Gasteiger partial charge on any atom is -0.372 e. The topological polar surface area (TPSA) is 21.8 Å². The highest BCUT2D eigenvalue weighted by Crippen LogP contribution is 2.26. The maximum Gasteiger partial charge on any atom is 0.0476 e. The monoisotopic (exact) mass is 346 g/mol. The van der Waals surface area contributed by atoms with Crippen LogP contribution in [0.5, 0.6) is 0 Å². The van der Waals surface area contributed by atoms with E-state index in [1.54, 1.807) is 0 Å². The largest absolute Gasteiger partial charge is 0.372 e. The molecular formula is C21H38N4. The van der Waals surface area contributed by atoms with Gasteiger partial charge in [0, 0.05) is 57.0 Å². The van der Waals surface area contributed by atoms with Gasteiger partial charge in [0.15, 0.2) is 0 Å². The number of anilines is 1. The van der Waals surface area contributed by atoms with Crippen molar-refractivity contribution in [3.05, 3.63) is 29.8 Å². The van der Waals surface area contributed by atoms with Gasteiger partial charge in [-0.1, -0.05) is 26.0 Å². The molecule has 25 heavy (non-hydrogen) atoms. The Bertz CT molecular complexity index is 479. The molecule has 0 saturated carbocycles. The van der Waals surface area contributed by atoms with E-state index in [0.717, 1.165) is 52.4 Å². The highest BCUT2D eigenvalue weighted by molar-refractivity contribution is 5.47. The first-order chi connectivity index (χ1) is 12.1. The van der Waals surface area contributed by atoms with Gasteiger partial charge >= 0.3 is 0 Å². The van der Waals surface area contributed by atoms with Crippen molar-refractivity contribution in [1.82, 2.24) is 15.1 Å². The fourth-order valence-electron chi connectivity index (χ4n) is 3.90. The SMILES string of the molecule is CCN(CC)CC(c1ccc(N(CC)CC)cc1)N1CCNC(C)C1. The number of piperazine rings is 1. The van der Waals surface area contributed by atoms with E-state index < -0.39 is 0 Å². The van der Waals surface area contributed by atoms with Gasteiger partial charge in [-0.3, -0.25) is 4.90 Å². The molecule has 2 unspecified atom stereocenters. The first-order valence-electron chi connectivity index (χ1n) is 10.2. The van der Waals surface area contributed by atoms with Crippen molar-refractivity contribution >= 4 is 5.69 Å². The molecule has 0 bridgehead atoms. The molecular weight excluding hydrogens is 308 g/mol. The van der Waals surface area contributed by atoms with Crippen molar-refractivity contribution in [2.24, 2.45) is 0 Å². The number of hydrogen-bond donors (Lipinski definition) is 1. The van der Waals surface area contributed by atoms with E-state index in [1.165, 1.54) is 11.3 Å². The molecule has 0 radical (unpaired) electrons. The summed E-state index contributed by atoms with van der Waals surface area (Å²) < 4.78 is 0. The average molecular weight is 347 g/mol. The number of benzene rings is 1. The summed E-state index contributed by atoms with van der Waals surface area (Å²) in [6, 6.07) is 10.4. The molecule has 0 aliphatic carbocycles. The zero-order valence-corrected chi connectivity index (χ0v) is 17.0. The summed E-state index contributed by atoms with van der Waals surface area (Å²) in [6.45, 7) is 20.1. The maximum absolute atomic E-state index is 3.58. The van der Waals surface area contributed by atoms with Crippen LogP contribution in [0.3, 0.4) is 0 Å². The summed E-state index contributed by atoms with van der Waals surface area (Å²) in [6.07, 6.45) is 0. The van der Waals surface area contributed by atoms with Gasteiger partial charge in [0.25, 0.3) is 0 Å². The third kappa shape index (κ3) is 5.44. The molecule has 1 heterocycles. The van der Waals surface area contributed by atoms with Crippen molar-refractivity contribution in [2.75, 3.05) is 57.3 Å². The Hall–Kier alpha value is -1.10. The minimum atomic E-state index is 0.482. The number of nitrogens with zero attached hydrogens (tertiary/aromatic N) is 3. The summed E-state index contributed by atoms with van der Waals surface area (Å²) in [5, 5.41) is 3.58. The van der Waals surface area contributed by atoms with Gasteiger partial charge in [0.2, 0.25) is 0 Å². The molecule has 1 aromatic rings. The van der Waals surface area contributed by atoms with Crippen molar-refractivity contribution in [1.29, 1.82) is 0 Å². The van der Waals surface area contributed by atoms with Gasteiger partial charge in [-0.05, 0) is 51.6 Å². The molecule has 1 saturated heterocycles. The van der Waals surface area contributed by atoms with E-state index in [9.17, 15) is 0 Å². The highest BCUT2D eigenvalue weighted by atomic mass is 15.3. The van der Waals surface area contributed by atoms with Crippen molar-refractivity contribution in [3.63, 3.8) is 0 Å². The molecule has 0 aromatic heterocycles. The minimum absolute atomic E-state index is 0.482. The Morgan fingerprint density at radius 1 is 1.04 bits per heavy atom. The maximum atomic E-state index is 3.58. The molecule has 1 aliphatic heterocycles. The van der Waals surface area contributed by atoms with Gasteiger partial charge in [0.1, 0.15) is 0 Å². The fourth-order valence-corrected chi connectivity index (χ4v) is 3.90. The second-order valence-corrected chi connectivity index (χ2v) is 7.12. The lowest BCUT2D eigenvalue weighted by Crippen LogP contribution is -2.52. The molecule has 4 nitrogen and oxygen atoms in total. The van der Waals surface area contributed by atoms with Crippen LogP contribution < -0.4 is 10.2 Å². The van der Waals surface area contributed by atoms with E-state index in [-0.39, 0.29) is 0 Å². The lowest BCUT2D eigenvalue weighted by atomic mass is 10.0. The van der Waals surface area contributed by atoms with E-state index in [2.05, 4.69) is 78.9 Å². The second-order valence-electron chi connectivity index (χ2n) is 7.12. The molecule has 1 aromatic carbocycles. The summed E-state index contributed by atoms with van der Waals surface area (Å²) >= 11 is 0. The molecule has 0 amide bonds. The van der Waals surface area contributed by atoms with Crippen molar-refractivity contribution in [2.45, 2.75) is 46.7 Å². The van der Waals surface area contributed by atoms with Crippen LogP contribution in [0.25, 0.3) is 0 Å². The third-order valence-electron chi connectivity index (χ3n) is 5.57. The summed E-state index contributed by atoms with van der Waals surface area (Å²) in [5.41, 5.74) is 2.79. The quantitative estimate of drug-likeness (QED) is 0.741. The zero-order chi connectivity index (χ0) is 18.2. The molecule has 0 spiro atoms. The van der Waals surface area contributed by atoms with E-state index in [0.29, 0.717) is 12.1 Å². The van der Waals surface area contributed by atoms with Gasteiger partial charge < -0.3 is 15.1 Å². The van der Waals surface area contributed by atoms with Crippen LogP contribution in [0.15, 0.2) is 24.3 Å².